The fraction of sp³-hybridized carbons (Fsp3) is 0.556. The summed E-state index contributed by atoms with van der Waals surface area (Å²) >= 11 is 0. The van der Waals surface area contributed by atoms with E-state index in [4.69, 9.17) is 20.2 Å². The van der Waals surface area contributed by atoms with Crippen LogP contribution in [0.5, 0.6) is 11.5 Å². The third-order valence-corrected chi connectivity index (χ3v) is 4.06. The standard InChI is InChI=1S/C18H28N4O2/c1-5-7-9-22(10-8-6-2)18-20-14-12-16(24-4)15(23-3)11-13(14)17(19)21-18/h11-12H,5-10H2,1-4H3,(H2,19,20,21). The summed E-state index contributed by atoms with van der Waals surface area (Å²) < 4.78 is 10.7. The topological polar surface area (TPSA) is 73.5 Å². The summed E-state index contributed by atoms with van der Waals surface area (Å²) in [5, 5.41) is 0.780. The van der Waals surface area contributed by atoms with Gasteiger partial charge in [0, 0.05) is 24.5 Å². The number of nitrogens with zero attached hydrogens (tertiary/aromatic N) is 3. The van der Waals surface area contributed by atoms with Crippen LogP contribution in [0.25, 0.3) is 10.9 Å². The van der Waals surface area contributed by atoms with Crippen LogP contribution in [0.1, 0.15) is 39.5 Å². The highest BCUT2D eigenvalue weighted by molar-refractivity contribution is 5.91. The van der Waals surface area contributed by atoms with Crippen LogP contribution in [0, 0.1) is 0 Å². The molecule has 0 saturated carbocycles. The molecule has 0 radical (unpaired) electrons. The minimum Gasteiger partial charge on any atom is -0.493 e. The van der Waals surface area contributed by atoms with Crippen molar-refractivity contribution in [2.75, 3.05) is 37.9 Å². The number of hydrogen-bond donors (Lipinski definition) is 1. The Kier molecular flexibility index (Phi) is 6.46. The highest BCUT2D eigenvalue weighted by atomic mass is 16.5. The van der Waals surface area contributed by atoms with Gasteiger partial charge in [0.2, 0.25) is 5.95 Å². The smallest absolute Gasteiger partial charge is 0.227 e. The Morgan fingerprint density at radius 3 is 2.08 bits per heavy atom. The Morgan fingerprint density at radius 1 is 0.958 bits per heavy atom. The van der Waals surface area contributed by atoms with Gasteiger partial charge < -0.3 is 20.1 Å². The number of hydrogen-bond acceptors (Lipinski definition) is 6. The van der Waals surface area contributed by atoms with Crippen LogP contribution >= 0.6 is 0 Å². The molecule has 2 rings (SSSR count). The van der Waals surface area contributed by atoms with Crippen LogP contribution in [-0.4, -0.2) is 37.3 Å². The quantitative estimate of drug-likeness (QED) is 0.756. The molecule has 0 aliphatic carbocycles. The van der Waals surface area contributed by atoms with Crippen LogP contribution in [-0.2, 0) is 0 Å². The Bertz CT molecular complexity index is 668. The molecule has 0 aliphatic heterocycles. The molecule has 2 N–H and O–H groups in total. The molecule has 132 valence electrons. The molecule has 0 spiro atoms. The number of anilines is 2. The van der Waals surface area contributed by atoms with Gasteiger partial charge in [-0.05, 0) is 18.9 Å². The first kappa shape index (κ1) is 18.1. The number of unbranched alkanes of at least 4 members (excludes halogenated alkanes) is 2. The molecule has 0 aliphatic rings. The van der Waals surface area contributed by atoms with E-state index >= 15 is 0 Å². The summed E-state index contributed by atoms with van der Waals surface area (Å²) in [7, 11) is 3.22. The lowest BCUT2D eigenvalue weighted by atomic mass is 10.2. The van der Waals surface area contributed by atoms with E-state index in [0.29, 0.717) is 23.3 Å². The summed E-state index contributed by atoms with van der Waals surface area (Å²) in [5.41, 5.74) is 6.96. The Balaban J connectivity index is 2.46. The van der Waals surface area contributed by atoms with Crippen LogP contribution in [0.2, 0.25) is 0 Å². The van der Waals surface area contributed by atoms with E-state index in [2.05, 4.69) is 23.7 Å². The van der Waals surface area contributed by atoms with Gasteiger partial charge in [0.15, 0.2) is 11.5 Å². The zero-order valence-electron chi connectivity index (χ0n) is 15.1. The normalized spacial score (nSPS) is 10.8. The summed E-state index contributed by atoms with van der Waals surface area (Å²) in [6.45, 7) is 6.25. The summed E-state index contributed by atoms with van der Waals surface area (Å²) in [6, 6.07) is 3.68. The number of aromatic nitrogens is 2. The van der Waals surface area contributed by atoms with Crippen molar-refractivity contribution in [3.63, 3.8) is 0 Å². The second-order valence-electron chi connectivity index (χ2n) is 5.83. The average Bonchev–Trinajstić information content (AvgIpc) is 2.60. The fourth-order valence-electron chi connectivity index (χ4n) is 2.62. The van der Waals surface area contributed by atoms with Crippen molar-refractivity contribution in [3.8, 4) is 11.5 Å². The van der Waals surface area contributed by atoms with E-state index in [-0.39, 0.29) is 0 Å². The largest absolute Gasteiger partial charge is 0.493 e. The SMILES string of the molecule is CCCCN(CCCC)c1nc(N)c2cc(OC)c(OC)cc2n1. The molecule has 24 heavy (non-hydrogen) atoms. The molecular formula is C18H28N4O2. The van der Waals surface area contributed by atoms with Crippen molar-refractivity contribution >= 4 is 22.7 Å². The zero-order valence-corrected chi connectivity index (χ0v) is 15.1. The van der Waals surface area contributed by atoms with Crippen LogP contribution in [0.4, 0.5) is 11.8 Å². The predicted molar refractivity (Wildman–Crippen MR) is 99.1 cm³/mol. The first-order chi connectivity index (χ1) is 11.6. The molecule has 1 heterocycles. The van der Waals surface area contributed by atoms with E-state index in [1.807, 2.05) is 12.1 Å². The Hall–Kier alpha value is -2.24. The van der Waals surface area contributed by atoms with E-state index < -0.39 is 0 Å². The van der Waals surface area contributed by atoms with Crippen LogP contribution in [0.3, 0.4) is 0 Å². The number of benzene rings is 1. The second kappa shape index (κ2) is 8.57. The monoisotopic (exact) mass is 332 g/mol. The highest BCUT2D eigenvalue weighted by Crippen LogP contribution is 2.34. The van der Waals surface area contributed by atoms with Crippen molar-refractivity contribution < 1.29 is 9.47 Å². The molecule has 0 saturated heterocycles. The number of rotatable bonds is 9. The lowest BCUT2D eigenvalue weighted by Crippen LogP contribution is -2.27. The molecule has 1 aromatic heterocycles. The maximum atomic E-state index is 6.19. The second-order valence-corrected chi connectivity index (χ2v) is 5.83. The minimum atomic E-state index is 0.467. The summed E-state index contributed by atoms with van der Waals surface area (Å²) in [6.07, 6.45) is 4.49. The van der Waals surface area contributed by atoms with Crippen LogP contribution in [0.15, 0.2) is 12.1 Å². The zero-order chi connectivity index (χ0) is 17.5. The fourth-order valence-corrected chi connectivity index (χ4v) is 2.62. The van der Waals surface area contributed by atoms with Gasteiger partial charge in [-0.25, -0.2) is 4.98 Å². The minimum absolute atomic E-state index is 0.467. The van der Waals surface area contributed by atoms with Gasteiger partial charge >= 0.3 is 0 Å². The Morgan fingerprint density at radius 2 is 1.54 bits per heavy atom. The van der Waals surface area contributed by atoms with E-state index in [1.165, 1.54) is 0 Å². The highest BCUT2D eigenvalue weighted by Gasteiger charge is 2.15. The first-order valence-corrected chi connectivity index (χ1v) is 8.58. The number of ether oxygens (including phenoxy) is 2. The van der Waals surface area contributed by atoms with Crippen molar-refractivity contribution in [2.24, 2.45) is 0 Å². The van der Waals surface area contributed by atoms with E-state index in [0.717, 1.165) is 49.7 Å². The maximum absolute atomic E-state index is 6.19. The molecular weight excluding hydrogens is 304 g/mol. The molecule has 1 aromatic carbocycles. The first-order valence-electron chi connectivity index (χ1n) is 8.58. The molecule has 6 heteroatoms. The predicted octanol–water partition coefficient (Wildman–Crippen LogP) is 3.64. The van der Waals surface area contributed by atoms with Crippen molar-refractivity contribution in [3.05, 3.63) is 12.1 Å². The van der Waals surface area contributed by atoms with Crippen LogP contribution < -0.4 is 20.1 Å². The van der Waals surface area contributed by atoms with Gasteiger partial charge in [-0.2, -0.15) is 4.98 Å². The summed E-state index contributed by atoms with van der Waals surface area (Å²) in [5.74, 6) is 2.42. The molecule has 0 bridgehead atoms. The van der Waals surface area contributed by atoms with Gasteiger partial charge in [0.25, 0.3) is 0 Å². The molecule has 0 amide bonds. The van der Waals surface area contributed by atoms with Crippen molar-refractivity contribution in [2.45, 2.75) is 39.5 Å². The van der Waals surface area contributed by atoms with Crippen molar-refractivity contribution in [1.82, 2.24) is 9.97 Å². The van der Waals surface area contributed by atoms with Gasteiger partial charge in [-0.3, -0.25) is 0 Å². The number of nitrogens with two attached hydrogens (primary N) is 1. The molecule has 2 aromatic rings. The van der Waals surface area contributed by atoms with Gasteiger partial charge in [-0.1, -0.05) is 26.7 Å². The number of nitrogen functional groups attached to an aromatic ring is 1. The molecule has 0 unspecified atom stereocenters. The Labute approximate surface area is 144 Å². The van der Waals surface area contributed by atoms with Gasteiger partial charge in [-0.15, -0.1) is 0 Å². The third kappa shape index (κ3) is 3.99. The lowest BCUT2D eigenvalue weighted by Gasteiger charge is -2.23. The molecule has 0 fully saturated rings. The maximum Gasteiger partial charge on any atom is 0.227 e. The van der Waals surface area contributed by atoms with E-state index in [9.17, 15) is 0 Å². The number of fused-ring (bicyclic) bond motifs is 1. The molecule has 6 nitrogen and oxygen atoms in total. The lowest BCUT2D eigenvalue weighted by molar-refractivity contribution is 0.356. The van der Waals surface area contributed by atoms with E-state index in [1.54, 1.807) is 14.2 Å². The van der Waals surface area contributed by atoms with Gasteiger partial charge in [0.05, 0.1) is 19.7 Å². The van der Waals surface area contributed by atoms with Crippen molar-refractivity contribution in [1.29, 1.82) is 0 Å². The average molecular weight is 332 g/mol. The van der Waals surface area contributed by atoms with Gasteiger partial charge in [0.1, 0.15) is 5.82 Å². The number of methoxy groups -OCH3 is 2. The molecule has 0 atom stereocenters. The summed E-state index contributed by atoms with van der Waals surface area (Å²) in [4.78, 5) is 11.5. The third-order valence-electron chi connectivity index (χ3n) is 4.06.